The molecule has 0 saturated heterocycles. The van der Waals surface area contributed by atoms with Crippen molar-refractivity contribution >= 4 is 24.6 Å². The largest absolute Gasteiger partial charge is 0.465 e. The van der Waals surface area contributed by atoms with Gasteiger partial charge >= 0.3 is 12.2 Å². The molecular formula is C5H11ClN2O4. The van der Waals surface area contributed by atoms with E-state index in [9.17, 15) is 9.59 Å². The zero-order valence-electron chi connectivity index (χ0n) is 6.48. The number of halogens is 1. The van der Waals surface area contributed by atoms with E-state index in [2.05, 4.69) is 5.32 Å². The summed E-state index contributed by atoms with van der Waals surface area (Å²) in [6.07, 6.45) is -2.90. The van der Waals surface area contributed by atoms with Gasteiger partial charge in [-0.2, -0.15) is 0 Å². The van der Waals surface area contributed by atoms with E-state index < -0.39 is 12.2 Å². The number of rotatable bonds is 3. The number of nitrogens with one attached hydrogen (secondary N) is 1. The molecule has 0 bridgehead atoms. The van der Waals surface area contributed by atoms with Crippen molar-refractivity contribution in [2.45, 2.75) is 0 Å². The number of amides is 2. The van der Waals surface area contributed by atoms with Gasteiger partial charge in [0.2, 0.25) is 0 Å². The van der Waals surface area contributed by atoms with Gasteiger partial charge in [-0.3, -0.25) is 0 Å². The summed E-state index contributed by atoms with van der Waals surface area (Å²) in [4.78, 5) is 20.6. The monoisotopic (exact) mass is 198 g/mol. The van der Waals surface area contributed by atoms with E-state index in [1.807, 2.05) is 0 Å². The van der Waals surface area contributed by atoms with E-state index in [1.54, 1.807) is 7.05 Å². The fourth-order valence-corrected chi connectivity index (χ4v) is 0.497. The minimum Gasteiger partial charge on any atom is -0.465 e. The molecule has 0 aliphatic rings. The Balaban J connectivity index is 0. The molecule has 0 unspecified atom stereocenters. The minimum absolute atomic E-state index is 0. The van der Waals surface area contributed by atoms with Crippen molar-refractivity contribution < 1.29 is 19.8 Å². The first-order valence-corrected chi connectivity index (χ1v) is 2.97. The van der Waals surface area contributed by atoms with Gasteiger partial charge in [-0.25, -0.2) is 14.5 Å². The smallest absolute Gasteiger partial charge is 0.416 e. The van der Waals surface area contributed by atoms with E-state index in [0.29, 0.717) is 11.4 Å². The van der Waals surface area contributed by atoms with E-state index in [-0.39, 0.29) is 19.0 Å². The lowest BCUT2D eigenvalue weighted by atomic mass is 10.5. The molecule has 2 amide bonds. The fourth-order valence-electron chi connectivity index (χ4n) is 0.497. The first-order chi connectivity index (χ1) is 5.09. The predicted molar refractivity (Wildman–Crippen MR) is 43.9 cm³/mol. The molecule has 6 nitrogen and oxygen atoms in total. The number of hydrogen-bond acceptors (Lipinski definition) is 3. The fraction of sp³-hybridized carbons (Fsp3) is 0.600. The Morgan fingerprint density at radius 2 is 1.75 bits per heavy atom. The van der Waals surface area contributed by atoms with Crippen LogP contribution in [0.4, 0.5) is 9.59 Å². The highest BCUT2D eigenvalue weighted by atomic mass is 35.5. The lowest BCUT2D eigenvalue weighted by Gasteiger charge is -2.11. The maximum atomic E-state index is 10.2. The lowest BCUT2D eigenvalue weighted by Crippen LogP contribution is -2.38. The molecule has 0 saturated carbocycles. The Bertz CT molecular complexity index is 150. The third-order valence-electron chi connectivity index (χ3n) is 1.05. The molecule has 0 rings (SSSR count). The van der Waals surface area contributed by atoms with Crippen LogP contribution in [0.1, 0.15) is 0 Å². The molecule has 3 N–H and O–H groups in total. The maximum absolute atomic E-state index is 10.2. The van der Waals surface area contributed by atoms with Gasteiger partial charge in [0.05, 0.1) is 0 Å². The summed E-state index contributed by atoms with van der Waals surface area (Å²) < 4.78 is 0. The molecule has 0 aromatic rings. The van der Waals surface area contributed by atoms with Crippen LogP contribution in [0.25, 0.3) is 0 Å². The van der Waals surface area contributed by atoms with Crippen LogP contribution in [0, 0.1) is 0 Å². The second-order valence-electron chi connectivity index (χ2n) is 1.82. The standard InChI is InChI=1S/C5H10N2O4.ClH/c1-6-2-3-7(4(8)9)5(10)11;/h6H,2-3H2,1H3,(H,8,9)(H,10,11);1H. The second kappa shape index (κ2) is 6.68. The number of likely N-dealkylation sites (N-methyl/N-ethyl adjacent to an activating group) is 1. The Morgan fingerprint density at radius 1 is 1.33 bits per heavy atom. The molecule has 0 aromatic heterocycles. The van der Waals surface area contributed by atoms with Crippen LogP contribution in [-0.2, 0) is 0 Å². The van der Waals surface area contributed by atoms with E-state index in [1.165, 1.54) is 0 Å². The van der Waals surface area contributed by atoms with Gasteiger partial charge in [0.15, 0.2) is 0 Å². The van der Waals surface area contributed by atoms with Crippen LogP contribution < -0.4 is 5.32 Å². The average Bonchev–Trinajstić information content (AvgIpc) is 1.87. The van der Waals surface area contributed by atoms with Gasteiger partial charge in [-0.1, -0.05) is 0 Å². The van der Waals surface area contributed by atoms with Gasteiger partial charge in [-0.15, -0.1) is 12.4 Å². The number of carboxylic acid groups (broad SMARTS) is 2. The van der Waals surface area contributed by atoms with Crippen molar-refractivity contribution in [3.8, 4) is 0 Å². The normalized spacial score (nSPS) is 8.42. The number of carbonyl (C=O) groups is 2. The number of imide groups is 1. The Hall–Kier alpha value is -1.01. The molecule has 0 aliphatic heterocycles. The molecular weight excluding hydrogens is 188 g/mol. The first-order valence-electron chi connectivity index (χ1n) is 2.97. The quantitative estimate of drug-likeness (QED) is 0.606. The summed E-state index contributed by atoms with van der Waals surface area (Å²) in [6.45, 7) is 0.264. The topological polar surface area (TPSA) is 89.9 Å². The highest BCUT2D eigenvalue weighted by molar-refractivity contribution is 5.85. The number of nitrogens with zero attached hydrogens (tertiary/aromatic N) is 1. The van der Waals surface area contributed by atoms with Crippen LogP contribution in [0.3, 0.4) is 0 Å². The van der Waals surface area contributed by atoms with E-state index >= 15 is 0 Å². The Kier molecular flexibility index (Phi) is 7.56. The van der Waals surface area contributed by atoms with Crippen molar-refractivity contribution in [2.75, 3.05) is 20.1 Å². The molecule has 0 heterocycles. The average molecular weight is 199 g/mol. The second-order valence-corrected chi connectivity index (χ2v) is 1.82. The van der Waals surface area contributed by atoms with Crippen LogP contribution >= 0.6 is 12.4 Å². The van der Waals surface area contributed by atoms with Crippen molar-refractivity contribution in [3.05, 3.63) is 0 Å². The summed E-state index contributed by atoms with van der Waals surface area (Å²) in [5.41, 5.74) is 0. The van der Waals surface area contributed by atoms with Crippen molar-refractivity contribution in [1.29, 1.82) is 0 Å². The molecule has 72 valence electrons. The summed E-state index contributed by atoms with van der Waals surface area (Å²) in [7, 11) is 1.61. The molecule has 7 heteroatoms. The lowest BCUT2D eigenvalue weighted by molar-refractivity contribution is 0.123. The Morgan fingerprint density at radius 3 is 2.00 bits per heavy atom. The van der Waals surface area contributed by atoms with Gasteiger partial charge < -0.3 is 15.5 Å². The summed E-state index contributed by atoms with van der Waals surface area (Å²) in [5.74, 6) is 0. The van der Waals surface area contributed by atoms with Crippen LogP contribution in [0.2, 0.25) is 0 Å². The molecule has 0 spiro atoms. The van der Waals surface area contributed by atoms with Crippen molar-refractivity contribution in [2.24, 2.45) is 0 Å². The highest BCUT2D eigenvalue weighted by Crippen LogP contribution is 1.88. The zero-order valence-corrected chi connectivity index (χ0v) is 7.30. The molecule has 0 radical (unpaired) electrons. The summed E-state index contributed by atoms with van der Waals surface area (Å²) in [6, 6.07) is 0. The van der Waals surface area contributed by atoms with Crippen molar-refractivity contribution in [1.82, 2.24) is 10.2 Å². The van der Waals surface area contributed by atoms with Gasteiger partial charge in [0, 0.05) is 13.1 Å². The predicted octanol–water partition coefficient (Wildman–Crippen LogP) is 0.286. The first kappa shape index (κ1) is 13.6. The molecule has 0 aromatic carbocycles. The Labute approximate surface area is 75.6 Å². The SMILES string of the molecule is CNCCN(C(=O)O)C(=O)O.Cl. The molecule has 0 atom stereocenters. The highest BCUT2D eigenvalue weighted by Gasteiger charge is 2.17. The van der Waals surface area contributed by atoms with E-state index in [4.69, 9.17) is 10.2 Å². The summed E-state index contributed by atoms with van der Waals surface area (Å²) in [5, 5.41) is 19.2. The van der Waals surface area contributed by atoms with Crippen LogP contribution in [0.5, 0.6) is 0 Å². The van der Waals surface area contributed by atoms with Crippen LogP contribution in [-0.4, -0.2) is 47.4 Å². The van der Waals surface area contributed by atoms with E-state index in [0.717, 1.165) is 0 Å². The number of hydrogen-bond donors (Lipinski definition) is 3. The zero-order chi connectivity index (χ0) is 8.85. The van der Waals surface area contributed by atoms with Crippen LogP contribution in [0.15, 0.2) is 0 Å². The van der Waals surface area contributed by atoms with Gasteiger partial charge in [-0.05, 0) is 7.05 Å². The van der Waals surface area contributed by atoms with Gasteiger partial charge in [0.25, 0.3) is 0 Å². The maximum Gasteiger partial charge on any atom is 0.416 e. The molecule has 12 heavy (non-hydrogen) atoms. The van der Waals surface area contributed by atoms with Crippen molar-refractivity contribution in [3.63, 3.8) is 0 Å². The summed E-state index contributed by atoms with van der Waals surface area (Å²) >= 11 is 0. The third-order valence-corrected chi connectivity index (χ3v) is 1.05. The third kappa shape index (κ3) is 4.75. The molecule has 0 fully saturated rings. The minimum atomic E-state index is -1.45. The molecule has 0 aliphatic carbocycles. The van der Waals surface area contributed by atoms with Gasteiger partial charge in [0.1, 0.15) is 0 Å².